The molecule has 1 saturated carbocycles. The Bertz CT molecular complexity index is 254. The maximum Gasteiger partial charge on any atom is 0.135 e. The van der Waals surface area contributed by atoms with Crippen molar-refractivity contribution >= 4 is 5.78 Å². The van der Waals surface area contributed by atoms with Gasteiger partial charge in [0.2, 0.25) is 0 Å². The second-order valence-electron chi connectivity index (χ2n) is 6.29. The molecular weight excluding hydrogens is 210 g/mol. The van der Waals surface area contributed by atoms with Crippen LogP contribution < -0.4 is 0 Å². The lowest BCUT2D eigenvalue weighted by Gasteiger charge is -2.37. The molecule has 1 aliphatic heterocycles. The Kier molecular flexibility index (Phi) is 4.61. The summed E-state index contributed by atoms with van der Waals surface area (Å²) in [5.41, 5.74) is 0. The van der Waals surface area contributed by atoms with Gasteiger partial charge in [-0.2, -0.15) is 0 Å². The van der Waals surface area contributed by atoms with Gasteiger partial charge in [0.1, 0.15) is 5.78 Å². The van der Waals surface area contributed by atoms with Crippen LogP contribution in [-0.4, -0.2) is 30.3 Å². The molecule has 1 saturated heterocycles. The fraction of sp³-hybridized carbons (Fsp3) is 0.933. The molecule has 0 aromatic carbocycles. The van der Waals surface area contributed by atoms with Crippen molar-refractivity contribution in [3.8, 4) is 0 Å². The fourth-order valence-electron chi connectivity index (χ4n) is 3.73. The minimum Gasteiger partial charge on any atom is -0.302 e. The maximum atomic E-state index is 11.2. The number of Topliss-reactive ketones (excluding diaryl/α,β-unsaturated/α-hetero) is 1. The van der Waals surface area contributed by atoms with E-state index in [2.05, 4.69) is 18.7 Å². The van der Waals surface area contributed by atoms with Crippen molar-refractivity contribution in [1.29, 1.82) is 0 Å². The Morgan fingerprint density at radius 2 is 1.76 bits per heavy atom. The van der Waals surface area contributed by atoms with Crippen LogP contribution in [0.3, 0.4) is 0 Å². The van der Waals surface area contributed by atoms with Gasteiger partial charge in [0.15, 0.2) is 0 Å². The van der Waals surface area contributed by atoms with Gasteiger partial charge in [-0.3, -0.25) is 4.79 Å². The van der Waals surface area contributed by atoms with Gasteiger partial charge in [-0.25, -0.2) is 0 Å². The van der Waals surface area contributed by atoms with Crippen LogP contribution >= 0.6 is 0 Å². The van der Waals surface area contributed by atoms with Crippen molar-refractivity contribution in [3.63, 3.8) is 0 Å². The minimum atomic E-state index is 0.463. The molecule has 0 aromatic heterocycles. The highest BCUT2D eigenvalue weighted by Gasteiger charge is 2.27. The SMILES string of the molecule is CC[C@H]1CC(CN2CCC(=O)CC2)C[C@@H](C)C1. The molecule has 0 aromatic rings. The molecule has 0 amide bonds. The van der Waals surface area contributed by atoms with Crippen molar-refractivity contribution in [2.24, 2.45) is 17.8 Å². The third kappa shape index (κ3) is 3.80. The molecule has 0 bridgehead atoms. The zero-order chi connectivity index (χ0) is 12.3. The molecular formula is C15H27NO. The highest BCUT2D eigenvalue weighted by Crippen LogP contribution is 2.35. The topological polar surface area (TPSA) is 20.3 Å². The molecule has 3 atom stereocenters. The van der Waals surface area contributed by atoms with E-state index in [9.17, 15) is 4.79 Å². The van der Waals surface area contributed by atoms with Crippen molar-refractivity contribution in [2.45, 2.75) is 52.4 Å². The molecule has 2 heteroatoms. The number of piperidine rings is 1. The van der Waals surface area contributed by atoms with Gasteiger partial charge in [0.25, 0.3) is 0 Å². The molecule has 17 heavy (non-hydrogen) atoms. The van der Waals surface area contributed by atoms with Gasteiger partial charge in [-0.15, -0.1) is 0 Å². The monoisotopic (exact) mass is 237 g/mol. The zero-order valence-corrected chi connectivity index (χ0v) is 11.5. The molecule has 2 rings (SSSR count). The number of hydrogen-bond acceptors (Lipinski definition) is 2. The summed E-state index contributed by atoms with van der Waals surface area (Å²) in [6.45, 7) is 8.02. The first-order valence-electron chi connectivity index (χ1n) is 7.41. The van der Waals surface area contributed by atoms with Crippen molar-refractivity contribution in [1.82, 2.24) is 4.90 Å². The average Bonchev–Trinajstić information content (AvgIpc) is 2.31. The molecule has 0 spiro atoms. The zero-order valence-electron chi connectivity index (χ0n) is 11.5. The highest BCUT2D eigenvalue weighted by molar-refractivity contribution is 5.79. The largest absolute Gasteiger partial charge is 0.302 e. The summed E-state index contributed by atoms with van der Waals surface area (Å²) >= 11 is 0. The van der Waals surface area contributed by atoms with Gasteiger partial charge in [-0.1, -0.05) is 20.3 Å². The predicted octanol–water partition coefficient (Wildman–Crippen LogP) is 3.11. The number of carbonyl (C=O) groups is 1. The van der Waals surface area contributed by atoms with Crippen LogP contribution in [0, 0.1) is 17.8 Å². The average molecular weight is 237 g/mol. The van der Waals surface area contributed by atoms with Gasteiger partial charge >= 0.3 is 0 Å². The lowest BCUT2D eigenvalue weighted by atomic mass is 9.74. The molecule has 0 radical (unpaired) electrons. The van der Waals surface area contributed by atoms with E-state index in [-0.39, 0.29) is 0 Å². The van der Waals surface area contributed by atoms with E-state index in [1.165, 1.54) is 32.2 Å². The first-order valence-corrected chi connectivity index (χ1v) is 7.41. The standard InChI is InChI=1S/C15H27NO/c1-3-13-8-12(2)9-14(10-13)11-16-6-4-15(17)5-7-16/h12-14H,3-11H2,1-2H3/t12-,13+,14?/m0/s1. The summed E-state index contributed by atoms with van der Waals surface area (Å²) in [5.74, 6) is 3.21. The van der Waals surface area contributed by atoms with Crippen LogP contribution in [0.2, 0.25) is 0 Å². The van der Waals surface area contributed by atoms with Crippen LogP contribution in [0.25, 0.3) is 0 Å². The second kappa shape index (κ2) is 5.99. The number of ketones is 1. The van der Waals surface area contributed by atoms with Crippen LogP contribution in [0.15, 0.2) is 0 Å². The van der Waals surface area contributed by atoms with Crippen LogP contribution in [-0.2, 0) is 4.79 Å². The van der Waals surface area contributed by atoms with E-state index in [0.29, 0.717) is 5.78 Å². The smallest absolute Gasteiger partial charge is 0.135 e. The Labute approximate surface area is 106 Å². The highest BCUT2D eigenvalue weighted by atomic mass is 16.1. The quantitative estimate of drug-likeness (QED) is 0.751. The lowest BCUT2D eigenvalue weighted by Crippen LogP contribution is -2.39. The predicted molar refractivity (Wildman–Crippen MR) is 71.0 cm³/mol. The van der Waals surface area contributed by atoms with Gasteiger partial charge in [0, 0.05) is 32.5 Å². The van der Waals surface area contributed by atoms with Crippen molar-refractivity contribution in [3.05, 3.63) is 0 Å². The number of carbonyl (C=O) groups excluding carboxylic acids is 1. The van der Waals surface area contributed by atoms with Crippen LogP contribution in [0.5, 0.6) is 0 Å². The lowest BCUT2D eigenvalue weighted by molar-refractivity contribution is -0.121. The number of nitrogens with zero attached hydrogens (tertiary/aromatic N) is 1. The molecule has 2 aliphatic rings. The Morgan fingerprint density at radius 1 is 1.12 bits per heavy atom. The molecule has 0 N–H and O–H groups in total. The normalized spacial score (nSPS) is 36.1. The summed E-state index contributed by atoms with van der Waals surface area (Å²) in [6, 6.07) is 0. The second-order valence-corrected chi connectivity index (χ2v) is 6.29. The number of likely N-dealkylation sites (tertiary alicyclic amines) is 1. The molecule has 1 unspecified atom stereocenters. The Balaban J connectivity index is 1.79. The minimum absolute atomic E-state index is 0.463. The first kappa shape index (κ1) is 13.1. The molecule has 1 heterocycles. The number of hydrogen-bond donors (Lipinski definition) is 0. The molecule has 2 nitrogen and oxygen atoms in total. The summed E-state index contributed by atoms with van der Waals surface area (Å²) in [5, 5.41) is 0. The summed E-state index contributed by atoms with van der Waals surface area (Å²) in [6.07, 6.45) is 7.19. The van der Waals surface area contributed by atoms with Crippen molar-refractivity contribution in [2.75, 3.05) is 19.6 Å². The van der Waals surface area contributed by atoms with E-state index in [4.69, 9.17) is 0 Å². The Hall–Kier alpha value is -0.370. The van der Waals surface area contributed by atoms with Gasteiger partial charge in [-0.05, 0) is 37.0 Å². The maximum absolute atomic E-state index is 11.2. The van der Waals surface area contributed by atoms with Crippen molar-refractivity contribution < 1.29 is 4.79 Å². The van der Waals surface area contributed by atoms with E-state index < -0.39 is 0 Å². The Morgan fingerprint density at radius 3 is 2.41 bits per heavy atom. The number of rotatable bonds is 3. The van der Waals surface area contributed by atoms with Gasteiger partial charge < -0.3 is 4.90 Å². The first-order chi connectivity index (χ1) is 8.17. The molecule has 98 valence electrons. The van der Waals surface area contributed by atoms with E-state index >= 15 is 0 Å². The van der Waals surface area contributed by atoms with E-state index in [1.807, 2.05) is 0 Å². The van der Waals surface area contributed by atoms with E-state index in [0.717, 1.165) is 43.7 Å². The summed E-state index contributed by atoms with van der Waals surface area (Å²) in [4.78, 5) is 13.7. The summed E-state index contributed by atoms with van der Waals surface area (Å²) < 4.78 is 0. The van der Waals surface area contributed by atoms with E-state index in [1.54, 1.807) is 0 Å². The third-order valence-electron chi connectivity index (χ3n) is 4.65. The fourth-order valence-corrected chi connectivity index (χ4v) is 3.73. The molecule has 2 fully saturated rings. The van der Waals surface area contributed by atoms with Crippen LogP contribution in [0.1, 0.15) is 52.4 Å². The van der Waals surface area contributed by atoms with Gasteiger partial charge in [0.05, 0.1) is 0 Å². The van der Waals surface area contributed by atoms with Crippen LogP contribution in [0.4, 0.5) is 0 Å². The molecule has 1 aliphatic carbocycles. The third-order valence-corrected chi connectivity index (χ3v) is 4.65. The summed E-state index contributed by atoms with van der Waals surface area (Å²) in [7, 11) is 0.